The molecule has 0 bridgehead atoms. The third-order valence-corrected chi connectivity index (χ3v) is 2.54. The van der Waals surface area contributed by atoms with Gasteiger partial charge in [0.2, 0.25) is 0 Å². The highest BCUT2D eigenvalue weighted by atomic mass is 16.5. The van der Waals surface area contributed by atoms with E-state index in [1.165, 1.54) is 0 Å². The number of aromatic hydroxyl groups is 1. The topological polar surface area (TPSA) is 55.5 Å². The summed E-state index contributed by atoms with van der Waals surface area (Å²) in [7, 11) is 0. The zero-order valence-electron chi connectivity index (χ0n) is 9.47. The van der Waals surface area contributed by atoms with Crippen LogP contribution in [0.2, 0.25) is 0 Å². The summed E-state index contributed by atoms with van der Waals surface area (Å²) in [6.45, 7) is 0.733. The summed E-state index contributed by atoms with van der Waals surface area (Å²) in [5, 5.41) is 9.86. The Morgan fingerprint density at radius 3 is 2.47 bits per heavy atom. The highest BCUT2D eigenvalue weighted by Crippen LogP contribution is 2.29. The van der Waals surface area contributed by atoms with Crippen LogP contribution in [0.25, 0.3) is 0 Å². The predicted molar refractivity (Wildman–Crippen MR) is 66.8 cm³/mol. The van der Waals surface area contributed by atoms with Gasteiger partial charge >= 0.3 is 0 Å². The first kappa shape index (κ1) is 11.5. The van der Waals surface area contributed by atoms with Crippen molar-refractivity contribution in [1.82, 2.24) is 0 Å². The zero-order chi connectivity index (χ0) is 12.1. The smallest absolute Gasteiger partial charge is 0.162 e. The molecule has 0 unspecified atom stereocenters. The molecule has 17 heavy (non-hydrogen) atoms. The number of phenolic OH excluding ortho intramolecular Hbond substituents is 1. The summed E-state index contributed by atoms with van der Waals surface area (Å²) < 4.78 is 5.56. The lowest BCUT2D eigenvalue weighted by molar-refractivity contribution is 0.288. The number of phenols is 1. The minimum atomic E-state index is 0.130. The lowest BCUT2D eigenvalue weighted by Gasteiger charge is -2.10. The van der Waals surface area contributed by atoms with Crippen LogP contribution in [-0.4, -0.2) is 5.11 Å². The molecule has 0 amide bonds. The van der Waals surface area contributed by atoms with Crippen LogP contribution in [0.3, 0.4) is 0 Å². The van der Waals surface area contributed by atoms with Gasteiger partial charge < -0.3 is 15.6 Å². The molecular weight excluding hydrogens is 214 g/mol. The van der Waals surface area contributed by atoms with E-state index in [1.807, 2.05) is 36.4 Å². The molecule has 3 N–H and O–H groups in total. The number of hydrogen-bond acceptors (Lipinski definition) is 3. The first-order valence-corrected chi connectivity index (χ1v) is 5.49. The van der Waals surface area contributed by atoms with Gasteiger partial charge in [0.1, 0.15) is 6.61 Å². The van der Waals surface area contributed by atoms with Gasteiger partial charge in [0.25, 0.3) is 0 Å². The molecule has 2 rings (SSSR count). The van der Waals surface area contributed by atoms with E-state index < -0.39 is 0 Å². The van der Waals surface area contributed by atoms with Crippen LogP contribution < -0.4 is 10.5 Å². The van der Waals surface area contributed by atoms with E-state index in [0.717, 1.165) is 5.56 Å². The van der Waals surface area contributed by atoms with Crippen LogP contribution in [0.15, 0.2) is 48.5 Å². The van der Waals surface area contributed by atoms with E-state index in [0.29, 0.717) is 24.5 Å². The van der Waals surface area contributed by atoms with Crippen LogP contribution in [0.1, 0.15) is 11.1 Å². The number of para-hydroxylation sites is 1. The molecule has 0 radical (unpaired) electrons. The van der Waals surface area contributed by atoms with E-state index in [1.54, 1.807) is 12.1 Å². The molecule has 0 atom stereocenters. The van der Waals surface area contributed by atoms with Crippen molar-refractivity contribution >= 4 is 0 Å². The second kappa shape index (κ2) is 5.37. The van der Waals surface area contributed by atoms with Crippen molar-refractivity contribution in [1.29, 1.82) is 0 Å². The molecule has 2 aromatic rings. The van der Waals surface area contributed by atoms with Gasteiger partial charge in [0.05, 0.1) is 0 Å². The molecule has 2 aromatic carbocycles. The monoisotopic (exact) mass is 229 g/mol. The molecule has 0 fully saturated rings. The first-order chi connectivity index (χ1) is 8.31. The van der Waals surface area contributed by atoms with Gasteiger partial charge in [-0.2, -0.15) is 0 Å². The highest BCUT2D eigenvalue weighted by molar-refractivity contribution is 5.45. The number of hydrogen-bond donors (Lipinski definition) is 2. The highest BCUT2D eigenvalue weighted by Gasteiger charge is 2.06. The Morgan fingerprint density at radius 1 is 1.00 bits per heavy atom. The van der Waals surface area contributed by atoms with Crippen LogP contribution in [0, 0.1) is 0 Å². The van der Waals surface area contributed by atoms with E-state index in [9.17, 15) is 5.11 Å². The minimum Gasteiger partial charge on any atom is -0.504 e. The van der Waals surface area contributed by atoms with Gasteiger partial charge in [0, 0.05) is 12.1 Å². The summed E-state index contributed by atoms with van der Waals surface area (Å²) in [6, 6.07) is 15.2. The molecule has 0 aromatic heterocycles. The Balaban J connectivity index is 2.09. The van der Waals surface area contributed by atoms with Crippen molar-refractivity contribution in [2.45, 2.75) is 13.2 Å². The van der Waals surface area contributed by atoms with E-state index in [4.69, 9.17) is 10.5 Å². The molecular formula is C14H15NO2. The zero-order valence-corrected chi connectivity index (χ0v) is 9.47. The van der Waals surface area contributed by atoms with Crippen LogP contribution in [0.5, 0.6) is 11.5 Å². The fourth-order valence-corrected chi connectivity index (χ4v) is 1.58. The van der Waals surface area contributed by atoms with E-state index >= 15 is 0 Å². The fourth-order valence-electron chi connectivity index (χ4n) is 1.58. The Labute approximate surface area is 100 Å². The van der Waals surface area contributed by atoms with Gasteiger partial charge in [-0.1, -0.05) is 42.5 Å². The molecule has 0 spiro atoms. The van der Waals surface area contributed by atoms with Crippen molar-refractivity contribution in [3.63, 3.8) is 0 Å². The Bertz CT molecular complexity index is 483. The Morgan fingerprint density at radius 2 is 1.76 bits per heavy atom. The van der Waals surface area contributed by atoms with E-state index in [-0.39, 0.29) is 5.75 Å². The van der Waals surface area contributed by atoms with Crippen LogP contribution in [-0.2, 0) is 13.2 Å². The summed E-state index contributed by atoms with van der Waals surface area (Å²) in [4.78, 5) is 0. The van der Waals surface area contributed by atoms with Crippen molar-refractivity contribution in [2.75, 3.05) is 0 Å². The van der Waals surface area contributed by atoms with Gasteiger partial charge in [-0.05, 0) is 11.6 Å². The van der Waals surface area contributed by atoms with Gasteiger partial charge in [-0.3, -0.25) is 0 Å². The average Bonchev–Trinajstić information content (AvgIpc) is 2.39. The van der Waals surface area contributed by atoms with Gasteiger partial charge in [0.15, 0.2) is 11.5 Å². The molecule has 0 aliphatic heterocycles. The molecule has 0 heterocycles. The molecule has 3 nitrogen and oxygen atoms in total. The number of nitrogens with two attached hydrogens (primary N) is 1. The van der Waals surface area contributed by atoms with Crippen molar-refractivity contribution < 1.29 is 9.84 Å². The van der Waals surface area contributed by atoms with Crippen LogP contribution >= 0.6 is 0 Å². The summed E-state index contributed by atoms with van der Waals surface area (Å²) in [6.07, 6.45) is 0. The third kappa shape index (κ3) is 2.77. The minimum absolute atomic E-state index is 0.130. The summed E-state index contributed by atoms with van der Waals surface area (Å²) in [5.74, 6) is 0.600. The molecule has 0 aliphatic rings. The quantitative estimate of drug-likeness (QED) is 0.846. The molecule has 0 saturated heterocycles. The Kier molecular flexibility index (Phi) is 3.62. The lowest BCUT2D eigenvalue weighted by Crippen LogP contribution is -1.99. The maximum Gasteiger partial charge on any atom is 0.162 e. The molecule has 0 aliphatic carbocycles. The largest absolute Gasteiger partial charge is 0.504 e. The predicted octanol–water partition coefficient (Wildman–Crippen LogP) is 2.43. The maximum atomic E-state index is 9.86. The molecule has 3 heteroatoms. The number of rotatable bonds is 4. The lowest BCUT2D eigenvalue weighted by atomic mass is 10.2. The summed E-state index contributed by atoms with van der Waals surface area (Å²) >= 11 is 0. The second-order valence-corrected chi connectivity index (χ2v) is 3.74. The maximum absolute atomic E-state index is 9.86. The molecule has 88 valence electrons. The first-order valence-electron chi connectivity index (χ1n) is 5.49. The van der Waals surface area contributed by atoms with Crippen molar-refractivity contribution in [2.24, 2.45) is 5.73 Å². The van der Waals surface area contributed by atoms with E-state index in [2.05, 4.69) is 0 Å². The van der Waals surface area contributed by atoms with Gasteiger partial charge in [-0.15, -0.1) is 0 Å². The Hall–Kier alpha value is -2.00. The summed E-state index contributed by atoms with van der Waals surface area (Å²) in [5.41, 5.74) is 7.26. The normalized spacial score (nSPS) is 10.2. The SMILES string of the molecule is NCc1cccc(OCc2ccccc2)c1O. The standard InChI is InChI=1S/C14H15NO2/c15-9-12-7-4-8-13(14(12)16)17-10-11-5-2-1-3-6-11/h1-8,16H,9-10,15H2. The third-order valence-electron chi connectivity index (χ3n) is 2.54. The second-order valence-electron chi connectivity index (χ2n) is 3.74. The molecule has 0 saturated carbocycles. The fraction of sp³-hybridized carbons (Fsp3) is 0.143. The van der Waals surface area contributed by atoms with Crippen LogP contribution in [0.4, 0.5) is 0 Å². The van der Waals surface area contributed by atoms with Crippen molar-refractivity contribution in [3.8, 4) is 11.5 Å². The van der Waals surface area contributed by atoms with Crippen molar-refractivity contribution in [3.05, 3.63) is 59.7 Å². The average molecular weight is 229 g/mol. The number of ether oxygens (including phenoxy) is 1. The number of benzene rings is 2. The van der Waals surface area contributed by atoms with Gasteiger partial charge in [-0.25, -0.2) is 0 Å².